The summed E-state index contributed by atoms with van der Waals surface area (Å²) in [6.07, 6.45) is 3.33. The number of hydrogen-bond donors (Lipinski definition) is 1. The van der Waals surface area contributed by atoms with Crippen LogP contribution in [0.4, 0.5) is 0 Å². The maximum Gasteiger partial charge on any atom is 0.253 e. The highest BCUT2D eigenvalue weighted by molar-refractivity contribution is 6.33. The van der Waals surface area contributed by atoms with Crippen LogP contribution in [-0.4, -0.2) is 21.0 Å². The average molecular weight is 357 g/mol. The summed E-state index contributed by atoms with van der Waals surface area (Å²) in [5.74, 6) is 0.536. The summed E-state index contributed by atoms with van der Waals surface area (Å²) in [4.78, 5) is 21.0. The van der Waals surface area contributed by atoms with Crippen LogP contribution in [0.1, 0.15) is 36.1 Å². The Labute approximate surface area is 150 Å². The Bertz CT molecular complexity index is 864. The van der Waals surface area contributed by atoms with Crippen LogP contribution in [0.3, 0.4) is 0 Å². The maximum absolute atomic E-state index is 12.5. The van der Waals surface area contributed by atoms with Crippen molar-refractivity contribution in [3.8, 4) is 11.4 Å². The van der Waals surface area contributed by atoms with Gasteiger partial charge in [0, 0.05) is 18.0 Å². The van der Waals surface area contributed by atoms with Crippen molar-refractivity contribution in [2.75, 3.05) is 0 Å². The third-order valence-electron chi connectivity index (χ3n) is 3.70. The average Bonchev–Trinajstić information content (AvgIpc) is 3.10. The minimum absolute atomic E-state index is 0.0497. The molecule has 0 fully saturated rings. The van der Waals surface area contributed by atoms with E-state index in [4.69, 9.17) is 16.1 Å². The van der Waals surface area contributed by atoms with E-state index in [2.05, 4.69) is 20.4 Å². The molecule has 1 atom stereocenters. The van der Waals surface area contributed by atoms with Crippen LogP contribution in [0.2, 0.25) is 5.02 Å². The van der Waals surface area contributed by atoms with Crippen LogP contribution in [-0.2, 0) is 0 Å². The molecule has 6 nitrogen and oxygen atoms in total. The number of carbonyl (C=O) groups is 1. The predicted molar refractivity (Wildman–Crippen MR) is 94.0 cm³/mol. The second-order valence-corrected chi connectivity index (χ2v) is 6.28. The lowest BCUT2D eigenvalue weighted by molar-refractivity contribution is 0.0914. The molecule has 2 heterocycles. The fraction of sp³-hybridized carbons (Fsp3) is 0.222. The second-order valence-electron chi connectivity index (χ2n) is 5.87. The van der Waals surface area contributed by atoms with Gasteiger partial charge in [0.15, 0.2) is 0 Å². The Morgan fingerprint density at radius 2 is 2.00 bits per heavy atom. The highest BCUT2D eigenvalue weighted by Gasteiger charge is 2.26. The lowest BCUT2D eigenvalue weighted by Crippen LogP contribution is -2.32. The number of benzene rings is 1. The molecule has 25 heavy (non-hydrogen) atoms. The molecule has 0 saturated heterocycles. The van der Waals surface area contributed by atoms with Crippen molar-refractivity contribution >= 4 is 17.5 Å². The highest BCUT2D eigenvalue weighted by Crippen LogP contribution is 2.24. The number of nitrogens with one attached hydrogen (secondary N) is 1. The minimum atomic E-state index is -0.429. The van der Waals surface area contributed by atoms with Crippen molar-refractivity contribution in [1.29, 1.82) is 0 Å². The monoisotopic (exact) mass is 356 g/mol. The molecule has 0 aliphatic rings. The summed E-state index contributed by atoms with van der Waals surface area (Å²) in [5, 5.41) is 7.30. The number of amides is 1. The van der Waals surface area contributed by atoms with Crippen LogP contribution in [0.25, 0.3) is 11.4 Å². The number of nitrogens with zero attached hydrogens (tertiary/aromatic N) is 3. The molecule has 3 rings (SSSR count). The van der Waals surface area contributed by atoms with Gasteiger partial charge in [0.1, 0.15) is 6.04 Å². The third kappa shape index (κ3) is 3.85. The number of carbonyl (C=O) groups excluding carboxylic acids is 1. The van der Waals surface area contributed by atoms with E-state index in [-0.39, 0.29) is 11.8 Å². The lowest BCUT2D eigenvalue weighted by atomic mass is 10.0. The molecule has 0 aliphatic carbocycles. The van der Waals surface area contributed by atoms with Gasteiger partial charge in [-0.3, -0.25) is 9.78 Å². The summed E-state index contributed by atoms with van der Waals surface area (Å²) >= 11 is 6.09. The first-order chi connectivity index (χ1) is 12.1. The number of pyridine rings is 1. The van der Waals surface area contributed by atoms with Gasteiger partial charge >= 0.3 is 0 Å². The molecule has 7 heteroatoms. The molecule has 0 aliphatic heterocycles. The first kappa shape index (κ1) is 17.1. The van der Waals surface area contributed by atoms with Crippen molar-refractivity contribution in [3.63, 3.8) is 0 Å². The standard InChI is InChI=1S/C18H17ClN4O2/c1-11(2)15(21-17(24)13-7-3-4-8-14(13)19)18-22-16(23-25-18)12-6-5-9-20-10-12/h3-11,15H,1-2H3,(H,21,24). The first-order valence-corrected chi connectivity index (χ1v) is 8.23. The van der Waals surface area contributed by atoms with Crippen LogP contribution >= 0.6 is 11.6 Å². The van der Waals surface area contributed by atoms with Gasteiger partial charge in [0.05, 0.1) is 10.6 Å². The predicted octanol–water partition coefficient (Wildman–Crippen LogP) is 3.91. The van der Waals surface area contributed by atoms with Crippen LogP contribution < -0.4 is 5.32 Å². The van der Waals surface area contributed by atoms with Gasteiger partial charge in [-0.05, 0) is 30.2 Å². The van der Waals surface area contributed by atoms with E-state index < -0.39 is 6.04 Å². The molecule has 3 aromatic rings. The smallest absolute Gasteiger partial charge is 0.253 e. The van der Waals surface area contributed by atoms with E-state index in [1.54, 1.807) is 42.7 Å². The molecular weight excluding hydrogens is 340 g/mol. The van der Waals surface area contributed by atoms with E-state index in [9.17, 15) is 4.79 Å². The fourth-order valence-corrected chi connectivity index (χ4v) is 2.57. The SMILES string of the molecule is CC(C)C(NC(=O)c1ccccc1Cl)c1nc(-c2cccnc2)no1. The van der Waals surface area contributed by atoms with E-state index in [0.717, 1.165) is 5.56 Å². The number of aromatic nitrogens is 3. The van der Waals surface area contributed by atoms with Crippen LogP contribution in [0.5, 0.6) is 0 Å². The molecule has 0 spiro atoms. The maximum atomic E-state index is 12.5. The van der Waals surface area contributed by atoms with E-state index in [1.165, 1.54) is 0 Å². The summed E-state index contributed by atoms with van der Waals surface area (Å²) < 4.78 is 5.37. The molecule has 0 saturated carbocycles. The topological polar surface area (TPSA) is 80.9 Å². The molecule has 0 bridgehead atoms. The lowest BCUT2D eigenvalue weighted by Gasteiger charge is -2.18. The van der Waals surface area contributed by atoms with Gasteiger partial charge in [-0.1, -0.05) is 42.7 Å². The highest BCUT2D eigenvalue weighted by atomic mass is 35.5. The Balaban J connectivity index is 1.84. The first-order valence-electron chi connectivity index (χ1n) is 7.85. The van der Waals surface area contributed by atoms with Crippen LogP contribution in [0.15, 0.2) is 53.3 Å². The minimum Gasteiger partial charge on any atom is -0.340 e. The molecular formula is C18H17ClN4O2. The van der Waals surface area contributed by atoms with E-state index in [0.29, 0.717) is 22.3 Å². The van der Waals surface area contributed by atoms with Crippen molar-refractivity contribution in [3.05, 3.63) is 65.3 Å². The van der Waals surface area contributed by atoms with Crippen molar-refractivity contribution < 1.29 is 9.32 Å². The summed E-state index contributed by atoms with van der Waals surface area (Å²) in [7, 11) is 0. The van der Waals surface area contributed by atoms with E-state index in [1.807, 2.05) is 19.9 Å². The Morgan fingerprint density at radius 1 is 1.20 bits per heavy atom. The normalized spacial score (nSPS) is 12.2. The zero-order chi connectivity index (χ0) is 17.8. The number of rotatable bonds is 5. The number of hydrogen-bond acceptors (Lipinski definition) is 5. The molecule has 1 N–H and O–H groups in total. The van der Waals surface area contributed by atoms with Gasteiger partial charge in [-0.2, -0.15) is 4.98 Å². The molecule has 2 aromatic heterocycles. The fourth-order valence-electron chi connectivity index (χ4n) is 2.35. The Hall–Kier alpha value is -2.73. The van der Waals surface area contributed by atoms with Crippen LogP contribution in [0, 0.1) is 5.92 Å². The molecule has 1 amide bonds. The zero-order valence-electron chi connectivity index (χ0n) is 13.8. The van der Waals surface area contributed by atoms with Gasteiger partial charge in [0.2, 0.25) is 11.7 Å². The quantitative estimate of drug-likeness (QED) is 0.749. The largest absolute Gasteiger partial charge is 0.340 e. The Kier molecular flexibility index (Phi) is 5.09. The molecule has 1 unspecified atom stereocenters. The molecule has 0 radical (unpaired) electrons. The molecule has 1 aromatic carbocycles. The Morgan fingerprint density at radius 3 is 2.68 bits per heavy atom. The molecule has 128 valence electrons. The summed E-state index contributed by atoms with van der Waals surface area (Å²) in [6.45, 7) is 3.93. The van der Waals surface area contributed by atoms with Crippen molar-refractivity contribution in [2.24, 2.45) is 5.92 Å². The summed E-state index contributed by atoms with van der Waals surface area (Å²) in [6, 6.07) is 10.1. The van der Waals surface area contributed by atoms with Gasteiger partial charge in [0.25, 0.3) is 5.91 Å². The van der Waals surface area contributed by atoms with Gasteiger partial charge < -0.3 is 9.84 Å². The van der Waals surface area contributed by atoms with Crippen molar-refractivity contribution in [1.82, 2.24) is 20.4 Å². The number of halogens is 1. The van der Waals surface area contributed by atoms with E-state index >= 15 is 0 Å². The second kappa shape index (κ2) is 7.44. The van der Waals surface area contributed by atoms with Gasteiger partial charge in [-0.25, -0.2) is 0 Å². The third-order valence-corrected chi connectivity index (χ3v) is 4.03. The zero-order valence-corrected chi connectivity index (χ0v) is 14.6. The van der Waals surface area contributed by atoms with Crippen molar-refractivity contribution in [2.45, 2.75) is 19.9 Å². The van der Waals surface area contributed by atoms with Gasteiger partial charge in [-0.15, -0.1) is 0 Å². The summed E-state index contributed by atoms with van der Waals surface area (Å²) in [5.41, 5.74) is 1.15.